The summed E-state index contributed by atoms with van der Waals surface area (Å²) in [4.78, 5) is 0. The standard InChI is InChI=1S/C8H6F3N3S/c9-4-1-6(10)5(7(11)2-4)3-13-14-8(12)15/h1-3H,(H3,12,14,15). The van der Waals surface area contributed by atoms with Gasteiger partial charge in [0.25, 0.3) is 0 Å². The monoisotopic (exact) mass is 233 g/mol. The Morgan fingerprint density at radius 1 is 1.33 bits per heavy atom. The van der Waals surface area contributed by atoms with E-state index in [1.807, 2.05) is 0 Å². The van der Waals surface area contributed by atoms with Gasteiger partial charge in [-0.15, -0.1) is 0 Å². The largest absolute Gasteiger partial charge is 0.375 e. The molecule has 0 radical (unpaired) electrons. The molecule has 0 spiro atoms. The molecule has 0 bridgehead atoms. The van der Waals surface area contributed by atoms with Crippen LogP contribution < -0.4 is 11.2 Å². The molecule has 0 aromatic heterocycles. The second kappa shape index (κ2) is 4.74. The first-order chi connectivity index (χ1) is 7.00. The Morgan fingerprint density at radius 2 is 1.87 bits per heavy atom. The van der Waals surface area contributed by atoms with Gasteiger partial charge < -0.3 is 5.73 Å². The second-order valence-electron chi connectivity index (χ2n) is 2.52. The number of hydrogen-bond donors (Lipinski definition) is 2. The van der Waals surface area contributed by atoms with Gasteiger partial charge >= 0.3 is 0 Å². The molecule has 0 atom stereocenters. The normalized spacial score (nSPS) is 10.6. The van der Waals surface area contributed by atoms with E-state index in [0.717, 1.165) is 6.21 Å². The summed E-state index contributed by atoms with van der Waals surface area (Å²) in [5.41, 5.74) is 6.66. The topological polar surface area (TPSA) is 50.4 Å². The number of thiocarbonyl (C=S) groups is 1. The van der Waals surface area contributed by atoms with Gasteiger partial charge in [0.05, 0.1) is 11.8 Å². The number of nitrogens with zero attached hydrogens (tertiary/aromatic N) is 1. The van der Waals surface area contributed by atoms with Crippen molar-refractivity contribution in [3.05, 3.63) is 35.1 Å². The smallest absolute Gasteiger partial charge is 0.184 e. The number of halogens is 3. The molecule has 0 unspecified atom stereocenters. The summed E-state index contributed by atoms with van der Waals surface area (Å²) < 4.78 is 38.4. The third-order valence-corrected chi connectivity index (χ3v) is 1.50. The zero-order valence-electron chi connectivity index (χ0n) is 7.30. The maximum atomic E-state index is 13.0. The number of hydrazone groups is 1. The second-order valence-corrected chi connectivity index (χ2v) is 2.96. The lowest BCUT2D eigenvalue weighted by molar-refractivity contribution is 0.541. The van der Waals surface area contributed by atoms with Crippen LogP contribution in [0.15, 0.2) is 17.2 Å². The van der Waals surface area contributed by atoms with Gasteiger partial charge in [-0.25, -0.2) is 13.2 Å². The third-order valence-electron chi connectivity index (χ3n) is 1.41. The molecule has 1 aromatic carbocycles. The lowest BCUT2D eigenvalue weighted by Gasteiger charge is -1.99. The van der Waals surface area contributed by atoms with E-state index in [1.165, 1.54) is 0 Å². The summed E-state index contributed by atoms with van der Waals surface area (Å²) in [6.45, 7) is 0. The minimum Gasteiger partial charge on any atom is -0.375 e. The molecule has 15 heavy (non-hydrogen) atoms. The Morgan fingerprint density at radius 3 is 2.33 bits per heavy atom. The molecule has 0 heterocycles. The lowest BCUT2D eigenvalue weighted by Crippen LogP contribution is -2.24. The first kappa shape index (κ1) is 11.4. The highest BCUT2D eigenvalue weighted by Crippen LogP contribution is 2.12. The van der Waals surface area contributed by atoms with Crippen LogP contribution in [0.2, 0.25) is 0 Å². The average Bonchev–Trinajstić information content (AvgIpc) is 2.08. The van der Waals surface area contributed by atoms with E-state index < -0.39 is 23.0 Å². The molecule has 0 saturated heterocycles. The molecule has 0 saturated carbocycles. The minimum absolute atomic E-state index is 0.144. The van der Waals surface area contributed by atoms with E-state index >= 15 is 0 Å². The maximum Gasteiger partial charge on any atom is 0.184 e. The van der Waals surface area contributed by atoms with Crippen LogP contribution in [0.5, 0.6) is 0 Å². The van der Waals surface area contributed by atoms with Crippen LogP contribution in [0.4, 0.5) is 13.2 Å². The Balaban J connectivity index is 2.94. The van der Waals surface area contributed by atoms with E-state index in [-0.39, 0.29) is 5.11 Å². The van der Waals surface area contributed by atoms with Crippen molar-refractivity contribution in [1.29, 1.82) is 0 Å². The van der Waals surface area contributed by atoms with E-state index in [2.05, 4.69) is 22.7 Å². The van der Waals surface area contributed by atoms with Crippen LogP contribution in [-0.4, -0.2) is 11.3 Å². The summed E-state index contributed by atoms with van der Waals surface area (Å²) in [6, 6.07) is 1.09. The zero-order chi connectivity index (χ0) is 11.4. The van der Waals surface area contributed by atoms with Crippen molar-refractivity contribution >= 4 is 23.5 Å². The average molecular weight is 233 g/mol. The first-order valence-electron chi connectivity index (χ1n) is 3.73. The molecular weight excluding hydrogens is 227 g/mol. The van der Waals surface area contributed by atoms with E-state index in [9.17, 15) is 13.2 Å². The summed E-state index contributed by atoms with van der Waals surface area (Å²) in [6.07, 6.45) is 0.823. The van der Waals surface area contributed by atoms with Gasteiger partial charge in [-0.3, -0.25) is 5.43 Å². The van der Waals surface area contributed by atoms with Crippen LogP contribution in [0, 0.1) is 17.5 Å². The van der Waals surface area contributed by atoms with Gasteiger partial charge in [0, 0.05) is 12.1 Å². The van der Waals surface area contributed by atoms with E-state index in [4.69, 9.17) is 5.73 Å². The molecule has 3 N–H and O–H groups in total. The Hall–Kier alpha value is -1.63. The fraction of sp³-hybridized carbons (Fsp3) is 0. The van der Waals surface area contributed by atoms with Crippen molar-refractivity contribution in [2.75, 3.05) is 0 Å². The van der Waals surface area contributed by atoms with Crippen LogP contribution in [0.25, 0.3) is 0 Å². The summed E-state index contributed by atoms with van der Waals surface area (Å²) in [5.74, 6) is -3.11. The Labute approximate surface area is 88.8 Å². The highest BCUT2D eigenvalue weighted by molar-refractivity contribution is 7.80. The minimum atomic E-state index is -1.05. The van der Waals surface area contributed by atoms with Crippen molar-refractivity contribution in [2.24, 2.45) is 10.8 Å². The fourth-order valence-corrected chi connectivity index (χ4v) is 0.890. The Bertz CT molecular complexity index is 397. The molecular formula is C8H6F3N3S. The van der Waals surface area contributed by atoms with Crippen LogP contribution in [0.1, 0.15) is 5.56 Å². The van der Waals surface area contributed by atoms with Crippen molar-refractivity contribution in [3.8, 4) is 0 Å². The van der Waals surface area contributed by atoms with E-state index in [0.29, 0.717) is 12.1 Å². The number of rotatable bonds is 2. The quantitative estimate of drug-likeness (QED) is 0.459. The van der Waals surface area contributed by atoms with Crippen molar-refractivity contribution in [1.82, 2.24) is 5.43 Å². The highest BCUT2D eigenvalue weighted by atomic mass is 32.1. The number of hydrogen-bond acceptors (Lipinski definition) is 2. The molecule has 7 heteroatoms. The summed E-state index contributed by atoms with van der Waals surface area (Å²) in [5, 5.41) is 3.20. The van der Waals surface area contributed by atoms with Crippen LogP contribution in [0.3, 0.4) is 0 Å². The summed E-state index contributed by atoms with van der Waals surface area (Å²) in [7, 11) is 0. The summed E-state index contributed by atoms with van der Waals surface area (Å²) >= 11 is 4.40. The predicted molar refractivity (Wildman–Crippen MR) is 53.8 cm³/mol. The molecule has 80 valence electrons. The third kappa shape index (κ3) is 3.21. The van der Waals surface area contributed by atoms with Gasteiger partial charge in [0.15, 0.2) is 5.11 Å². The van der Waals surface area contributed by atoms with Gasteiger partial charge in [-0.2, -0.15) is 5.10 Å². The van der Waals surface area contributed by atoms with Crippen LogP contribution >= 0.6 is 12.2 Å². The van der Waals surface area contributed by atoms with Crippen molar-refractivity contribution in [2.45, 2.75) is 0 Å². The molecule has 0 fully saturated rings. The molecule has 1 aromatic rings. The molecule has 0 aliphatic heterocycles. The van der Waals surface area contributed by atoms with Gasteiger partial charge in [-0.05, 0) is 12.2 Å². The molecule has 3 nitrogen and oxygen atoms in total. The Kier molecular flexibility index (Phi) is 3.62. The number of nitrogens with one attached hydrogen (secondary N) is 1. The zero-order valence-corrected chi connectivity index (χ0v) is 8.12. The SMILES string of the molecule is NC(=S)NN=Cc1c(F)cc(F)cc1F. The van der Waals surface area contributed by atoms with Crippen molar-refractivity contribution in [3.63, 3.8) is 0 Å². The van der Waals surface area contributed by atoms with Gasteiger partial charge in [-0.1, -0.05) is 0 Å². The van der Waals surface area contributed by atoms with Crippen molar-refractivity contribution < 1.29 is 13.2 Å². The van der Waals surface area contributed by atoms with Gasteiger partial charge in [0.1, 0.15) is 17.5 Å². The number of nitrogens with two attached hydrogens (primary N) is 1. The van der Waals surface area contributed by atoms with Crippen LogP contribution in [-0.2, 0) is 0 Å². The molecule has 1 rings (SSSR count). The predicted octanol–water partition coefficient (Wildman–Crippen LogP) is 1.27. The number of benzene rings is 1. The molecule has 0 amide bonds. The first-order valence-corrected chi connectivity index (χ1v) is 4.14. The van der Waals surface area contributed by atoms with E-state index in [1.54, 1.807) is 0 Å². The molecule has 0 aliphatic rings. The highest BCUT2D eigenvalue weighted by Gasteiger charge is 2.08. The fourth-order valence-electron chi connectivity index (χ4n) is 0.837. The lowest BCUT2D eigenvalue weighted by atomic mass is 10.2. The van der Waals surface area contributed by atoms with Gasteiger partial charge in [0.2, 0.25) is 0 Å². The molecule has 0 aliphatic carbocycles. The maximum absolute atomic E-state index is 13.0.